The molecule has 1 aromatic carbocycles. The van der Waals surface area contributed by atoms with Crippen LogP contribution in [0, 0.1) is 10.1 Å². The van der Waals surface area contributed by atoms with Gasteiger partial charge < -0.3 is 5.32 Å². The molecule has 0 saturated carbocycles. The smallest absolute Gasteiger partial charge is 0.283 e. The number of nitro benzene ring substituents is 1. The molecule has 1 rings (SSSR count). The van der Waals surface area contributed by atoms with Crippen molar-refractivity contribution in [3.05, 3.63) is 38.9 Å². The second kappa shape index (κ2) is 6.56. The molecule has 0 bridgehead atoms. The molecule has 7 heteroatoms. The molecule has 1 unspecified atom stereocenters. The van der Waals surface area contributed by atoms with Gasteiger partial charge in [0.05, 0.1) is 9.95 Å². The Balaban J connectivity index is 3.01. The molecule has 0 aromatic heterocycles. The number of nitrogens with zero attached hydrogens (tertiary/aromatic N) is 1. The Hall–Kier alpha value is -1.33. The number of benzene rings is 1. The molecule has 0 aliphatic rings. The van der Waals surface area contributed by atoms with Crippen molar-refractivity contribution in [2.24, 2.45) is 0 Å². The molecule has 0 fully saturated rings. The maximum Gasteiger partial charge on any atom is 0.283 e. The molecule has 0 aliphatic heterocycles. The van der Waals surface area contributed by atoms with Crippen LogP contribution in [0.3, 0.4) is 0 Å². The highest BCUT2D eigenvalue weighted by Crippen LogP contribution is 2.26. The van der Waals surface area contributed by atoms with E-state index in [9.17, 15) is 14.9 Å². The highest BCUT2D eigenvalue weighted by atomic mass is 35.5. The number of amides is 1. The lowest BCUT2D eigenvalue weighted by Gasteiger charge is -2.13. The van der Waals surface area contributed by atoms with Crippen molar-refractivity contribution in [3.63, 3.8) is 0 Å². The summed E-state index contributed by atoms with van der Waals surface area (Å²) in [5.74, 6) is -0.170. The summed E-state index contributed by atoms with van der Waals surface area (Å²) in [4.78, 5) is 22.1. The first-order valence-corrected chi connectivity index (χ1v) is 6.18. The van der Waals surface area contributed by atoms with Crippen LogP contribution in [-0.4, -0.2) is 22.8 Å². The minimum atomic E-state index is -0.632. The van der Waals surface area contributed by atoms with E-state index in [2.05, 4.69) is 5.32 Å². The molecule has 5 nitrogen and oxygen atoms in total. The lowest BCUT2D eigenvalue weighted by molar-refractivity contribution is -0.385. The van der Waals surface area contributed by atoms with Crippen LogP contribution in [0.2, 0.25) is 5.02 Å². The maximum absolute atomic E-state index is 11.9. The summed E-state index contributed by atoms with van der Waals surface area (Å²) in [5.41, 5.74) is -0.427. The first-order chi connectivity index (χ1) is 8.47. The summed E-state index contributed by atoms with van der Waals surface area (Å²) in [6.07, 6.45) is 0.575. The van der Waals surface area contributed by atoms with Crippen molar-refractivity contribution >= 4 is 34.8 Å². The fraction of sp³-hybridized carbons (Fsp3) is 0.364. The molecule has 1 N–H and O–H groups in total. The Bertz CT molecular complexity index is 466. The van der Waals surface area contributed by atoms with E-state index < -0.39 is 10.8 Å². The van der Waals surface area contributed by atoms with E-state index >= 15 is 0 Å². The van der Waals surface area contributed by atoms with E-state index in [1.54, 1.807) is 6.92 Å². The van der Waals surface area contributed by atoms with Gasteiger partial charge >= 0.3 is 0 Å². The normalized spacial score (nSPS) is 11.9. The summed E-state index contributed by atoms with van der Waals surface area (Å²) < 4.78 is 0. The highest BCUT2D eigenvalue weighted by Gasteiger charge is 2.23. The summed E-state index contributed by atoms with van der Waals surface area (Å²) in [6.45, 7) is 1.77. The Kier molecular flexibility index (Phi) is 5.37. The van der Waals surface area contributed by atoms with Gasteiger partial charge in [-0.05, 0) is 19.4 Å². The Morgan fingerprint density at radius 1 is 1.56 bits per heavy atom. The Morgan fingerprint density at radius 2 is 2.22 bits per heavy atom. The molecular weight excluding hydrogens is 279 g/mol. The molecule has 0 radical (unpaired) electrons. The minimum Gasteiger partial charge on any atom is -0.349 e. The fourth-order valence-corrected chi connectivity index (χ4v) is 2.00. The minimum absolute atomic E-state index is 0.0553. The van der Waals surface area contributed by atoms with E-state index in [1.165, 1.54) is 18.2 Å². The van der Waals surface area contributed by atoms with Crippen molar-refractivity contribution in [2.45, 2.75) is 19.4 Å². The second-order valence-electron chi connectivity index (χ2n) is 3.74. The average molecular weight is 291 g/mol. The van der Waals surface area contributed by atoms with Crippen LogP contribution in [0.25, 0.3) is 0 Å². The number of alkyl halides is 1. The van der Waals surface area contributed by atoms with Gasteiger partial charge in [-0.1, -0.05) is 17.7 Å². The van der Waals surface area contributed by atoms with E-state index in [-0.39, 0.29) is 22.3 Å². The van der Waals surface area contributed by atoms with Gasteiger partial charge in [-0.2, -0.15) is 0 Å². The lowest BCUT2D eigenvalue weighted by Crippen LogP contribution is -2.33. The zero-order chi connectivity index (χ0) is 13.7. The Labute approximate surface area is 114 Å². The van der Waals surface area contributed by atoms with E-state index in [1.807, 2.05) is 0 Å². The van der Waals surface area contributed by atoms with Gasteiger partial charge in [0.15, 0.2) is 0 Å². The fourth-order valence-electron chi connectivity index (χ4n) is 1.42. The van der Waals surface area contributed by atoms with Gasteiger partial charge in [-0.25, -0.2) is 0 Å². The molecule has 1 aromatic rings. The topological polar surface area (TPSA) is 72.2 Å². The van der Waals surface area contributed by atoms with Gasteiger partial charge in [0, 0.05) is 18.0 Å². The van der Waals surface area contributed by atoms with Crippen LogP contribution < -0.4 is 5.32 Å². The van der Waals surface area contributed by atoms with Gasteiger partial charge in [0.2, 0.25) is 0 Å². The number of nitrogens with one attached hydrogen (secondary N) is 1. The van der Waals surface area contributed by atoms with Gasteiger partial charge in [-0.3, -0.25) is 14.9 Å². The van der Waals surface area contributed by atoms with E-state index in [0.717, 1.165) is 0 Å². The zero-order valence-corrected chi connectivity index (χ0v) is 11.2. The largest absolute Gasteiger partial charge is 0.349 e. The monoisotopic (exact) mass is 290 g/mol. The van der Waals surface area contributed by atoms with Gasteiger partial charge in [0.1, 0.15) is 5.56 Å². The summed E-state index contributed by atoms with van der Waals surface area (Å²) in [5, 5.41) is 13.5. The molecule has 1 atom stereocenters. The van der Waals surface area contributed by atoms with Crippen LogP contribution in [0.15, 0.2) is 18.2 Å². The van der Waals surface area contributed by atoms with Crippen LogP contribution in [0.4, 0.5) is 5.69 Å². The third-order valence-corrected chi connectivity index (χ3v) is 2.87. The standard InChI is InChI=1S/C11H12Cl2N2O3/c1-7(5-6-12)14-11(16)10-8(13)3-2-4-9(10)15(17)18/h2-4,7H,5-6H2,1H3,(H,14,16). The molecule has 0 heterocycles. The molecular formula is C11H12Cl2N2O3. The molecule has 0 aliphatic carbocycles. The third-order valence-electron chi connectivity index (χ3n) is 2.33. The number of hydrogen-bond acceptors (Lipinski definition) is 3. The van der Waals surface area contributed by atoms with Gasteiger partial charge in [-0.15, -0.1) is 11.6 Å². The van der Waals surface area contributed by atoms with Crippen LogP contribution in [0.1, 0.15) is 23.7 Å². The van der Waals surface area contributed by atoms with Gasteiger partial charge in [0.25, 0.3) is 11.6 Å². The van der Waals surface area contributed by atoms with Crippen molar-refractivity contribution in [1.82, 2.24) is 5.32 Å². The first-order valence-electron chi connectivity index (χ1n) is 5.27. The summed E-state index contributed by atoms with van der Waals surface area (Å²) in [6, 6.07) is 3.94. The van der Waals surface area contributed by atoms with E-state index in [0.29, 0.717) is 12.3 Å². The number of halogens is 2. The predicted octanol–water partition coefficient (Wildman–Crippen LogP) is 3.00. The highest BCUT2D eigenvalue weighted by molar-refractivity contribution is 6.34. The summed E-state index contributed by atoms with van der Waals surface area (Å²) in [7, 11) is 0. The first kappa shape index (κ1) is 14.7. The van der Waals surface area contributed by atoms with Crippen molar-refractivity contribution in [1.29, 1.82) is 0 Å². The molecule has 1 amide bonds. The average Bonchev–Trinajstić information content (AvgIpc) is 2.28. The quantitative estimate of drug-likeness (QED) is 0.515. The number of hydrogen-bond donors (Lipinski definition) is 1. The molecule has 98 valence electrons. The van der Waals surface area contributed by atoms with Crippen LogP contribution in [-0.2, 0) is 0 Å². The van der Waals surface area contributed by atoms with Crippen LogP contribution >= 0.6 is 23.2 Å². The SMILES string of the molecule is CC(CCCl)NC(=O)c1c(Cl)cccc1[N+](=O)[O-]. The van der Waals surface area contributed by atoms with Crippen molar-refractivity contribution in [3.8, 4) is 0 Å². The lowest BCUT2D eigenvalue weighted by atomic mass is 10.1. The van der Waals surface area contributed by atoms with Crippen LogP contribution in [0.5, 0.6) is 0 Å². The van der Waals surface area contributed by atoms with Crippen molar-refractivity contribution < 1.29 is 9.72 Å². The third kappa shape index (κ3) is 3.58. The maximum atomic E-state index is 11.9. The number of rotatable bonds is 5. The number of carbonyl (C=O) groups excluding carboxylic acids is 1. The second-order valence-corrected chi connectivity index (χ2v) is 4.53. The van der Waals surface area contributed by atoms with E-state index in [4.69, 9.17) is 23.2 Å². The summed E-state index contributed by atoms with van der Waals surface area (Å²) >= 11 is 11.4. The zero-order valence-electron chi connectivity index (χ0n) is 9.65. The molecule has 0 spiro atoms. The van der Waals surface area contributed by atoms with Crippen molar-refractivity contribution in [2.75, 3.05) is 5.88 Å². The Morgan fingerprint density at radius 3 is 2.78 bits per heavy atom. The number of carbonyl (C=O) groups is 1. The number of nitro groups is 1. The molecule has 0 saturated heterocycles. The predicted molar refractivity (Wildman–Crippen MR) is 70.4 cm³/mol. The molecule has 18 heavy (non-hydrogen) atoms.